The number of H-pyrrole nitrogens is 1. The van der Waals surface area contributed by atoms with Gasteiger partial charge in [-0.15, -0.1) is 0 Å². The summed E-state index contributed by atoms with van der Waals surface area (Å²) in [6.45, 7) is 9.15. The lowest BCUT2D eigenvalue weighted by atomic mass is 9.97. The van der Waals surface area contributed by atoms with Crippen LogP contribution in [-0.2, 0) is 12.8 Å². The standard InChI is InChI=1S/C24H26N4O2/c1-16(28-10-8-27(2)9-11-28)21-14-17(13-18-7-12-30-23(18)21)15-22-19-5-3-4-6-20(19)24(29)26-25-22/h3-6,13-14H,1,7-12,15H2,2H3,(H,26,29). The van der Waals surface area contributed by atoms with E-state index in [4.69, 9.17) is 4.74 Å². The van der Waals surface area contributed by atoms with Crippen LogP contribution < -0.4 is 10.3 Å². The van der Waals surface area contributed by atoms with Crippen LogP contribution in [0.25, 0.3) is 16.5 Å². The van der Waals surface area contributed by atoms with Crippen molar-refractivity contribution >= 4 is 16.5 Å². The Morgan fingerprint density at radius 3 is 2.73 bits per heavy atom. The Morgan fingerprint density at radius 2 is 1.93 bits per heavy atom. The molecule has 3 aromatic rings. The molecular weight excluding hydrogens is 376 g/mol. The Labute approximate surface area is 175 Å². The lowest BCUT2D eigenvalue weighted by molar-refractivity contribution is 0.207. The molecule has 6 heteroatoms. The SMILES string of the molecule is C=C(c1cc(Cc2n[nH]c(=O)c3ccccc23)cc2c1OCC2)N1CCN(C)CC1. The first-order valence-electron chi connectivity index (χ1n) is 10.5. The number of rotatable bonds is 4. The molecule has 0 spiro atoms. The van der Waals surface area contributed by atoms with Crippen LogP contribution in [0.15, 0.2) is 47.8 Å². The smallest absolute Gasteiger partial charge is 0.272 e. The predicted octanol–water partition coefficient (Wildman–Crippen LogP) is 2.67. The second kappa shape index (κ2) is 7.61. The summed E-state index contributed by atoms with van der Waals surface area (Å²) in [5.41, 5.74) is 5.22. The van der Waals surface area contributed by atoms with Gasteiger partial charge in [-0.3, -0.25) is 4.79 Å². The molecule has 1 N–H and O–H groups in total. The van der Waals surface area contributed by atoms with E-state index in [2.05, 4.69) is 45.8 Å². The number of aromatic nitrogens is 2. The monoisotopic (exact) mass is 402 g/mol. The highest BCUT2D eigenvalue weighted by molar-refractivity contribution is 5.83. The van der Waals surface area contributed by atoms with Crippen LogP contribution >= 0.6 is 0 Å². The Bertz CT molecular complexity index is 1180. The summed E-state index contributed by atoms with van der Waals surface area (Å²) < 4.78 is 5.99. The third-order valence-electron chi connectivity index (χ3n) is 6.19. The minimum atomic E-state index is -0.152. The van der Waals surface area contributed by atoms with Gasteiger partial charge in [-0.1, -0.05) is 30.8 Å². The van der Waals surface area contributed by atoms with Crippen molar-refractivity contribution in [3.8, 4) is 5.75 Å². The minimum absolute atomic E-state index is 0.152. The molecular formula is C24H26N4O2. The van der Waals surface area contributed by atoms with E-state index in [1.807, 2.05) is 24.3 Å². The van der Waals surface area contributed by atoms with Crippen LogP contribution in [0.4, 0.5) is 0 Å². The van der Waals surface area contributed by atoms with Crippen LogP contribution in [0.3, 0.4) is 0 Å². The van der Waals surface area contributed by atoms with Crippen molar-refractivity contribution in [2.45, 2.75) is 12.8 Å². The molecule has 5 rings (SSSR count). The largest absolute Gasteiger partial charge is 0.492 e. The number of likely N-dealkylation sites (N-methyl/N-ethyl adjacent to an activating group) is 1. The highest BCUT2D eigenvalue weighted by Crippen LogP contribution is 2.37. The van der Waals surface area contributed by atoms with E-state index in [9.17, 15) is 4.79 Å². The van der Waals surface area contributed by atoms with Gasteiger partial charge in [0.15, 0.2) is 0 Å². The summed E-state index contributed by atoms with van der Waals surface area (Å²) in [6.07, 6.45) is 1.56. The second-order valence-corrected chi connectivity index (χ2v) is 8.19. The number of ether oxygens (including phenoxy) is 1. The van der Waals surface area contributed by atoms with Crippen molar-refractivity contribution < 1.29 is 4.74 Å². The summed E-state index contributed by atoms with van der Waals surface area (Å²) >= 11 is 0. The van der Waals surface area contributed by atoms with Crippen LogP contribution in [0.2, 0.25) is 0 Å². The third kappa shape index (κ3) is 3.37. The Kier molecular flexibility index (Phi) is 4.79. The number of hydrogen-bond acceptors (Lipinski definition) is 5. The average Bonchev–Trinajstić information content (AvgIpc) is 3.24. The van der Waals surface area contributed by atoms with Crippen molar-refractivity contribution in [3.05, 3.63) is 75.7 Å². The maximum absolute atomic E-state index is 12.1. The number of nitrogens with zero attached hydrogens (tertiary/aromatic N) is 3. The number of hydrogen-bond donors (Lipinski definition) is 1. The van der Waals surface area contributed by atoms with Crippen molar-refractivity contribution in [2.24, 2.45) is 0 Å². The minimum Gasteiger partial charge on any atom is -0.492 e. The highest BCUT2D eigenvalue weighted by atomic mass is 16.5. The Hall–Kier alpha value is -3.12. The molecule has 6 nitrogen and oxygen atoms in total. The fraction of sp³-hybridized carbons (Fsp3) is 0.333. The predicted molar refractivity (Wildman–Crippen MR) is 119 cm³/mol. The lowest BCUT2D eigenvalue weighted by Gasteiger charge is -2.35. The van der Waals surface area contributed by atoms with Gasteiger partial charge in [0.1, 0.15) is 5.75 Å². The second-order valence-electron chi connectivity index (χ2n) is 8.19. The van der Waals surface area contributed by atoms with E-state index >= 15 is 0 Å². The van der Waals surface area contributed by atoms with E-state index in [0.717, 1.165) is 66.3 Å². The van der Waals surface area contributed by atoms with E-state index in [1.165, 1.54) is 5.56 Å². The summed E-state index contributed by atoms with van der Waals surface area (Å²) in [6, 6.07) is 12.0. The van der Waals surface area contributed by atoms with Crippen molar-refractivity contribution in [1.29, 1.82) is 0 Å². The maximum Gasteiger partial charge on any atom is 0.272 e. The molecule has 2 aromatic carbocycles. The highest BCUT2D eigenvalue weighted by Gasteiger charge is 2.24. The van der Waals surface area contributed by atoms with Gasteiger partial charge in [0.25, 0.3) is 5.56 Å². The zero-order valence-corrected chi connectivity index (χ0v) is 17.3. The zero-order chi connectivity index (χ0) is 20.7. The Morgan fingerprint density at radius 1 is 1.17 bits per heavy atom. The van der Waals surface area contributed by atoms with Crippen LogP contribution in [-0.4, -0.2) is 59.8 Å². The summed E-state index contributed by atoms with van der Waals surface area (Å²) in [4.78, 5) is 16.8. The molecule has 1 saturated heterocycles. The molecule has 1 aromatic heterocycles. The molecule has 30 heavy (non-hydrogen) atoms. The van der Waals surface area contributed by atoms with Crippen LogP contribution in [0.1, 0.15) is 22.4 Å². The Balaban J connectivity index is 1.52. The van der Waals surface area contributed by atoms with E-state index in [-0.39, 0.29) is 5.56 Å². The fourth-order valence-electron chi connectivity index (χ4n) is 4.44. The van der Waals surface area contributed by atoms with Crippen LogP contribution in [0, 0.1) is 0 Å². The van der Waals surface area contributed by atoms with Gasteiger partial charge in [0.05, 0.1) is 17.7 Å². The topological polar surface area (TPSA) is 61.5 Å². The molecule has 154 valence electrons. The van der Waals surface area contributed by atoms with Crippen molar-refractivity contribution in [3.63, 3.8) is 0 Å². The van der Waals surface area contributed by atoms with Gasteiger partial charge in [0, 0.05) is 55.7 Å². The van der Waals surface area contributed by atoms with E-state index < -0.39 is 0 Å². The molecule has 3 heterocycles. The van der Waals surface area contributed by atoms with Crippen molar-refractivity contribution in [1.82, 2.24) is 20.0 Å². The van der Waals surface area contributed by atoms with Crippen LogP contribution in [0.5, 0.6) is 5.75 Å². The van der Waals surface area contributed by atoms with E-state index in [0.29, 0.717) is 18.4 Å². The van der Waals surface area contributed by atoms with Gasteiger partial charge in [-0.2, -0.15) is 5.10 Å². The lowest BCUT2D eigenvalue weighted by Crippen LogP contribution is -2.43. The molecule has 2 aliphatic heterocycles. The first kappa shape index (κ1) is 18.9. The number of aromatic amines is 1. The van der Waals surface area contributed by atoms with Gasteiger partial charge in [0.2, 0.25) is 0 Å². The zero-order valence-electron chi connectivity index (χ0n) is 17.3. The third-order valence-corrected chi connectivity index (χ3v) is 6.19. The number of fused-ring (bicyclic) bond motifs is 2. The van der Waals surface area contributed by atoms with Gasteiger partial charge in [-0.25, -0.2) is 5.10 Å². The molecule has 2 aliphatic rings. The molecule has 0 unspecified atom stereocenters. The van der Waals surface area contributed by atoms with Crippen molar-refractivity contribution in [2.75, 3.05) is 39.8 Å². The summed E-state index contributed by atoms with van der Waals surface area (Å²) in [7, 11) is 2.16. The van der Waals surface area contributed by atoms with Gasteiger partial charge < -0.3 is 14.5 Å². The van der Waals surface area contributed by atoms with E-state index in [1.54, 1.807) is 0 Å². The number of nitrogens with one attached hydrogen (secondary N) is 1. The number of piperazine rings is 1. The molecule has 0 aliphatic carbocycles. The first-order chi connectivity index (χ1) is 14.6. The molecule has 0 atom stereocenters. The molecule has 1 fully saturated rings. The average molecular weight is 402 g/mol. The molecule has 0 bridgehead atoms. The molecule has 0 saturated carbocycles. The summed E-state index contributed by atoms with van der Waals surface area (Å²) in [5, 5.41) is 8.58. The maximum atomic E-state index is 12.1. The molecule has 0 radical (unpaired) electrons. The quantitative estimate of drug-likeness (QED) is 0.727. The fourth-order valence-corrected chi connectivity index (χ4v) is 4.44. The summed E-state index contributed by atoms with van der Waals surface area (Å²) in [5.74, 6) is 0.974. The van der Waals surface area contributed by atoms with Gasteiger partial charge in [-0.05, 0) is 30.3 Å². The number of benzene rings is 2. The first-order valence-corrected chi connectivity index (χ1v) is 10.5. The van der Waals surface area contributed by atoms with Gasteiger partial charge >= 0.3 is 0 Å². The molecule has 0 amide bonds. The normalized spacial score (nSPS) is 16.5.